The number of nitrogens with one attached hydrogen (secondary N) is 1. The van der Waals surface area contributed by atoms with E-state index in [4.69, 9.17) is 4.74 Å². The van der Waals surface area contributed by atoms with Gasteiger partial charge in [-0.05, 0) is 35.1 Å². The topological polar surface area (TPSA) is 38.8 Å². The van der Waals surface area contributed by atoms with Gasteiger partial charge in [0.15, 0.2) is 0 Å². The number of hydrogen-bond donors (Lipinski definition) is 2. The lowest BCUT2D eigenvalue weighted by Crippen LogP contribution is -3.12. The Balaban J connectivity index is 2.05. The van der Waals surface area contributed by atoms with Crippen LogP contribution in [0.25, 0.3) is 0 Å². The fourth-order valence-electron chi connectivity index (χ4n) is 3.53. The number of rotatable bonds is 11. The molecule has 28 heavy (non-hydrogen) atoms. The first-order valence-corrected chi connectivity index (χ1v) is 10.6. The summed E-state index contributed by atoms with van der Waals surface area (Å²) in [4.78, 5) is 1.41. The van der Waals surface area contributed by atoms with Crippen molar-refractivity contribution in [2.45, 2.75) is 65.1 Å². The van der Waals surface area contributed by atoms with Gasteiger partial charge in [-0.3, -0.25) is 0 Å². The minimum Gasteiger partial charge on any atom is -0.387 e. The summed E-state index contributed by atoms with van der Waals surface area (Å²) in [5.74, 6) is 0. The summed E-state index contributed by atoms with van der Waals surface area (Å²) >= 11 is 0. The summed E-state index contributed by atoms with van der Waals surface area (Å²) in [7, 11) is 1.75. The number of aromatic nitrogens is 1. The molecule has 0 aliphatic heterocycles. The molecule has 1 unspecified atom stereocenters. The smallest absolute Gasteiger partial charge is 0.118 e. The molecule has 1 aromatic carbocycles. The van der Waals surface area contributed by atoms with Crippen LogP contribution in [0.2, 0.25) is 0 Å². The van der Waals surface area contributed by atoms with Crippen LogP contribution in [0.15, 0.2) is 42.6 Å². The maximum atomic E-state index is 10.2. The van der Waals surface area contributed by atoms with Crippen molar-refractivity contribution in [2.24, 2.45) is 0 Å². The van der Waals surface area contributed by atoms with Gasteiger partial charge in [-0.15, -0.1) is 0 Å². The normalized spacial score (nSPS) is 14.2. The zero-order valence-corrected chi connectivity index (χ0v) is 18.4. The highest BCUT2D eigenvalue weighted by Crippen LogP contribution is 2.22. The first-order chi connectivity index (χ1) is 13.3. The molecule has 1 heterocycles. The van der Waals surface area contributed by atoms with Crippen molar-refractivity contribution in [3.8, 4) is 0 Å². The molecule has 0 bridgehead atoms. The van der Waals surface area contributed by atoms with Crippen LogP contribution in [-0.4, -0.2) is 42.6 Å². The van der Waals surface area contributed by atoms with Gasteiger partial charge in [0, 0.05) is 26.3 Å². The SMILES string of the molecule is CC[C@@H](O)C[NH+](CCCOC)Cc1cccn1Cc1ccc(C(C)(C)C)cc1. The minimum atomic E-state index is -0.245. The standard InChI is InChI=1S/C24H38N2O2/c1-6-23(27)19-25(14-8-16-28-5)18-22-9-7-15-26(22)17-20-10-12-21(13-11-20)24(2,3)4/h7,9-13,15,23,27H,6,8,14,16-19H2,1-5H3/p+1/t23-/m1/s1. The van der Waals surface area contributed by atoms with E-state index < -0.39 is 0 Å². The van der Waals surface area contributed by atoms with E-state index >= 15 is 0 Å². The zero-order valence-electron chi connectivity index (χ0n) is 18.4. The average Bonchev–Trinajstić information content (AvgIpc) is 3.08. The first kappa shape index (κ1) is 22.7. The summed E-state index contributed by atoms with van der Waals surface area (Å²) in [6.45, 7) is 13.2. The summed E-state index contributed by atoms with van der Waals surface area (Å²) in [6, 6.07) is 13.3. The Morgan fingerprint density at radius 2 is 1.86 bits per heavy atom. The third kappa shape index (κ3) is 7.08. The van der Waals surface area contributed by atoms with Crippen molar-refractivity contribution >= 4 is 0 Å². The number of methoxy groups -OCH3 is 1. The van der Waals surface area contributed by atoms with E-state index in [2.05, 4.69) is 67.9 Å². The van der Waals surface area contributed by atoms with Crippen LogP contribution >= 0.6 is 0 Å². The number of hydrogen-bond acceptors (Lipinski definition) is 2. The van der Waals surface area contributed by atoms with Gasteiger partial charge >= 0.3 is 0 Å². The molecule has 2 aromatic rings. The van der Waals surface area contributed by atoms with Crippen molar-refractivity contribution in [1.82, 2.24) is 4.57 Å². The molecular weight excluding hydrogens is 348 g/mol. The largest absolute Gasteiger partial charge is 0.387 e. The molecule has 0 spiro atoms. The predicted octanol–water partition coefficient (Wildman–Crippen LogP) is 3.03. The Hall–Kier alpha value is -1.62. The van der Waals surface area contributed by atoms with E-state index in [0.717, 1.165) is 45.6 Å². The molecule has 0 fully saturated rings. The second-order valence-corrected chi connectivity index (χ2v) is 8.86. The number of ether oxygens (including phenoxy) is 1. The highest BCUT2D eigenvalue weighted by Gasteiger charge is 2.17. The highest BCUT2D eigenvalue weighted by molar-refractivity contribution is 5.28. The van der Waals surface area contributed by atoms with Crippen molar-refractivity contribution in [2.75, 3.05) is 26.8 Å². The molecule has 2 N–H and O–H groups in total. The number of aliphatic hydroxyl groups excluding tert-OH is 1. The average molecular weight is 388 g/mol. The molecule has 0 aliphatic rings. The second-order valence-electron chi connectivity index (χ2n) is 8.86. The fourth-order valence-corrected chi connectivity index (χ4v) is 3.53. The quantitative estimate of drug-likeness (QED) is 0.582. The Morgan fingerprint density at radius 1 is 1.14 bits per heavy atom. The molecule has 2 atom stereocenters. The van der Waals surface area contributed by atoms with Crippen LogP contribution in [0.1, 0.15) is 57.4 Å². The van der Waals surface area contributed by atoms with Crippen LogP contribution < -0.4 is 4.90 Å². The maximum Gasteiger partial charge on any atom is 0.118 e. The number of aliphatic hydroxyl groups is 1. The van der Waals surface area contributed by atoms with Crippen molar-refractivity contribution in [3.63, 3.8) is 0 Å². The molecule has 0 saturated carbocycles. The lowest BCUT2D eigenvalue weighted by Gasteiger charge is -2.23. The minimum absolute atomic E-state index is 0.184. The van der Waals surface area contributed by atoms with E-state index in [1.165, 1.54) is 21.7 Å². The van der Waals surface area contributed by atoms with Crippen LogP contribution in [-0.2, 0) is 23.2 Å². The van der Waals surface area contributed by atoms with Gasteiger partial charge in [-0.2, -0.15) is 0 Å². The van der Waals surface area contributed by atoms with Crippen LogP contribution in [0.5, 0.6) is 0 Å². The molecule has 4 nitrogen and oxygen atoms in total. The lowest BCUT2D eigenvalue weighted by molar-refractivity contribution is -0.917. The molecular formula is C24H39N2O2+. The molecule has 1 aromatic heterocycles. The van der Waals surface area contributed by atoms with Gasteiger partial charge in [-0.1, -0.05) is 52.0 Å². The number of nitrogens with zero attached hydrogens (tertiary/aromatic N) is 1. The van der Waals surface area contributed by atoms with E-state index in [1.807, 2.05) is 6.92 Å². The first-order valence-electron chi connectivity index (χ1n) is 10.6. The van der Waals surface area contributed by atoms with Crippen molar-refractivity contribution < 1.29 is 14.7 Å². The Bertz CT molecular complexity index is 685. The Morgan fingerprint density at radius 3 is 2.46 bits per heavy atom. The van der Waals surface area contributed by atoms with Crippen molar-refractivity contribution in [1.29, 1.82) is 0 Å². The Kier molecular flexibility index (Phi) is 8.74. The predicted molar refractivity (Wildman–Crippen MR) is 116 cm³/mol. The summed E-state index contributed by atoms with van der Waals surface area (Å²) < 4.78 is 7.55. The molecule has 2 rings (SSSR count). The fraction of sp³-hybridized carbons (Fsp3) is 0.583. The van der Waals surface area contributed by atoms with E-state index in [0.29, 0.717) is 0 Å². The van der Waals surface area contributed by atoms with Crippen LogP contribution in [0.3, 0.4) is 0 Å². The van der Waals surface area contributed by atoms with Crippen molar-refractivity contribution in [3.05, 3.63) is 59.4 Å². The van der Waals surface area contributed by atoms with E-state index in [-0.39, 0.29) is 11.5 Å². The van der Waals surface area contributed by atoms with E-state index in [9.17, 15) is 5.11 Å². The molecule has 0 aliphatic carbocycles. The van der Waals surface area contributed by atoms with Gasteiger partial charge < -0.3 is 19.3 Å². The van der Waals surface area contributed by atoms with Gasteiger partial charge in [0.05, 0.1) is 18.8 Å². The van der Waals surface area contributed by atoms with Crippen LogP contribution in [0, 0.1) is 0 Å². The number of benzene rings is 1. The molecule has 156 valence electrons. The monoisotopic (exact) mass is 387 g/mol. The molecule has 4 heteroatoms. The Labute approximate surface area is 171 Å². The second kappa shape index (κ2) is 10.8. The van der Waals surface area contributed by atoms with Gasteiger partial charge in [0.1, 0.15) is 19.2 Å². The summed E-state index contributed by atoms with van der Waals surface area (Å²) in [6.07, 6.45) is 3.73. The number of quaternary nitrogens is 1. The zero-order chi connectivity index (χ0) is 20.6. The lowest BCUT2D eigenvalue weighted by atomic mass is 9.87. The molecule has 0 radical (unpaired) electrons. The van der Waals surface area contributed by atoms with Crippen LogP contribution in [0.4, 0.5) is 0 Å². The maximum absolute atomic E-state index is 10.2. The highest BCUT2D eigenvalue weighted by atomic mass is 16.5. The molecule has 0 saturated heterocycles. The third-order valence-electron chi connectivity index (χ3n) is 5.40. The van der Waals surface area contributed by atoms with Gasteiger partial charge in [-0.25, -0.2) is 0 Å². The summed E-state index contributed by atoms with van der Waals surface area (Å²) in [5.41, 5.74) is 4.19. The summed E-state index contributed by atoms with van der Waals surface area (Å²) in [5, 5.41) is 10.2. The third-order valence-corrected chi connectivity index (χ3v) is 5.40. The van der Waals surface area contributed by atoms with Gasteiger partial charge in [0.2, 0.25) is 0 Å². The van der Waals surface area contributed by atoms with E-state index in [1.54, 1.807) is 7.11 Å². The molecule has 0 amide bonds. The van der Waals surface area contributed by atoms with Gasteiger partial charge in [0.25, 0.3) is 0 Å².